The molecule has 1 aliphatic rings. The number of aliphatic hydroxyl groups is 1. The Hall–Kier alpha value is -0.200. The van der Waals surface area contributed by atoms with E-state index in [4.69, 9.17) is 21.4 Å². The van der Waals surface area contributed by atoms with Crippen LogP contribution in [0, 0.1) is 0 Å². The smallest absolute Gasteiger partial charge is 0.183 e. The van der Waals surface area contributed by atoms with E-state index in [0.717, 1.165) is 24.5 Å². The minimum Gasteiger partial charge on any atom is -0.394 e. The van der Waals surface area contributed by atoms with Crippen LogP contribution >= 0.6 is 22.9 Å². The van der Waals surface area contributed by atoms with Gasteiger partial charge < -0.3 is 9.84 Å². The zero-order valence-corrected chi connectivity index (χ0v) is 9.80. The molecule has 1 aromatic heterocycles. The van der Waals surface area contributed by atoms with Gasteiger partial charge >= 0.3 is 0 Å². The minimum atomic E-state index is -0.0536. The first-order valence-electron chi connectivity index (χ1n) is 4.83. The van der Waals surface area contributed by atoms with Crippen LogP contribution < -0.4 is 0 Å². The molecule has 84 valence electrons. The monoisotopic (exact) mass is 248 g/mol. The second-order valence-electron chi connectivity index (χ2n) is 3.49. The molecule has 1 saturated heterocycles. The summed E-state index contributed by atoms with van der Waals surface area (Å²) in [4.78, 5) is 7.39. The molecule has 1 N–H and O–H groups in total. The zero-order chi connectivity index (χ0) is 10.7. The molecule has 2 heterocycles. The Bertz CT molecular complexity index is 321. The van der Waals surface area contributed by atoms with Crippen LogP contribution in [0.1, 0.15) is 4.88 Å². The van der Waals surface area contributed by atoms with Gasteiger partial charge in [0.05, 0.1) is 19.3 Å². The summed E-state index contributed by atoms with van der Waals surface area (Å²) >= 11 is 7.26. The van der Waals surface area contributed by atoms with Crippen molar-refractivity contribution in [1.29, 1.82) is 0 Å². The third-order valence-corrected chi connectivity index (χ3v) is 3.43. The van der Waals surface area contributed by atoms with E-state index < -0.39 is 0 Å². The van der Waals surface area contributed by atoms with E-state index in [1.54, 1.807) is 6.20 Å². The van der Waals surface area contributed by atoms with Crippen LogP contribution in [-0.2, 0) is 11.3 Å². The minimum absolute atomic E-state index is 0.0536. The molecular formula is C9H13ClN2O2S. The third kappa shape index (κ3) is 3.12. The molecule has 1 atom stereocenters. The highest BCUT2D eigenvalue weighted by Gasteiger charge is 2.20. The lowest BCUT2D eigenvalue weighted by atomic mass is 10.3. The van der Waals surface area contributed by atoms with E-state index in [9.17, 15) is 0 Å². The maximum absolute atomic E-state index is 9.00. The Morgan fingerprint density at radius 1 is 1.73 bits per heavy atom. The predicted molar refractivity (Wildman–Crippen MR) is 59.2 cm³/mol. The molecule has 0 spiro atoms. The number of halogens is 1. The number of hydrogen-bond donors (Lipinski definition) is 1. The zero-order valence-electron chi connectivity index (χ0n) is 8.23. The van der Waals surface area contributed by atoms with Gasteiger partial charge in [0.2, 0.25) is 0 Å². The highest BCUT2D eigenvalue weighted by Crippen LogP contribution is 2.20. The molecule has 0 amide bonds. The maximum Gasteiger partial charge on any atom is 0.183 e. The lowest BCUT2D eigenvalue weighted by Crippen LogP contribution is -2.43. The molecule has 0 bridgehead atoms. The standard InChI is InChI=1S/C9H13ClN2O2S/c10-9-11-3-8(15-9)5-12-1-2-14-7(4-12)6-13/h3,7,13H,1-2,4-6H2. The van der Waals surface area contributed by atoms with Gasteiger partial charge in [0, 0.05) is 30.7 Å². The van der Waals surface area contributed by atoms with Crippen molar-refractivity contribution in [2.24, 2.45) is 0 Å². The Morgan fingerprint density at radius 3 is 3.27 bits per heavy atom. The van der Waals surface area contributed by atoms with Gasteiger partial charge in [-0.3, -0.25) is 4.90 Å². The number of aromatic nitrogens is 1. The molecule has 0 radical (unpaired) electrons. The molecule has 1 aliphatic heterocycles. The summed E-state index contributed by atoms with van der Waals surface area (Å²) < 4.78 is 5.95. The number of morpholine rings is 1. The van der Waals surface area contributed by atoms with Crippen molar-refractivity contribution in [3.8, 4) is 0 Å². The van der Waals surface area contributed by atoms with Crippen LogP contribution in [0.5, 0.6) is 0 Å². The van der Waals surface area contributed by atoms with Crippen LogP contribution in [0.25, 0.3) is 0 Å². The van der Waals surface area contributed by atoms with E-state index in [1.807, 2.05) is 0 Å². The fourth-order valence-corrected chi connectivity index (χ4v) is 2.63. The number of hydrogen-bond acceptors (Lipinski definition) is 5. The molecule has 4 nitrogen and oxygen atoms in total. The number of aliphatic hydroxyl groups excluding tert-OH is 1. The van der Waals surface area contributed by atoms with Crippen LogP contribution in [0.4, 0.5) is 0 Å². The van der Waals surface area contributed by atoms with Gasteiger partial charge in [-0.1, -0.05) is 11.6 Å². The highest BCUT2D eigenvalue weighted by atomic mass is 35.5. The predicted octanol–water partition coefficient (Wildman–Crippen LogP) is 0.990. The second kappa shape index (κ2) is 5.23. The summed E-state index contributed by atoms with van der Waals surface area (Å²) in [6.45, 7) is 3.26. The molecular weight excluding hydrogens is 236 g/mol. The molecule has 1 aromatic rings. The summed E-state index contributed by atoms with van der Waals surface area (Å²) in [5.74, 6) is 0. The van der Waals surface area contributed by atoms with Crippen molar-refractivity contribution in [1.82, 2.24) is 9.88 Å². The summed E-state index contributed by atoms with van der Waals surface area (Å²) in [6, 6.07) is 0. The average molecular weight is 249 g/mol. The fourth-order valence-electron chi connectivity index (χ4n) is 1.61. The van der Waals surface area contributed by atoms with Crippen LogP contribution in [-0.4, -0.2) is 47.4 Å². The molecule has 1 unspecified atom stereocenters. The maximum atomic E-state index is 9.00. The summed E-state index contributed by atoms with van der Waals surface area (Å²) in [6.07, 6.45) is 1.75. The van der Waals surface area contributed by atoms with Crippen molar-refractivity contribution in [2.45, 2.75) is 12.6 Å². The molecule has 1 fully saturated rings. The first-order valence-corrected chi connectivity index (χ1v) is 6.02. The van der Waals surface area contributed by atoms with Gasteiger partial charge in [0.15, 0.2) is 4.47 Å². The first-order chi connectivity index (χ1) is 7.28. The normalized spacial score (nSPS) is 23.2. The number of nitrogens with zero attached hydrogens (tertiary/aromatic N) is 2. The van der Waals surface area contributed by atoms with Crippen molar-refractivity contribution in [2.75, 3.05) is 26.3 Å². The van der Waals surface area contributed by atoms with Crippen molar-refractivity contribution in [3.05, 3.63) is 15.5 Å². The van der Waals surface area contributed by atoms with Gasteiger partial charge in [-0.05, 0) is 0 Å². The van der Waals surface area contributed by atoms with Crippen LogP contribution in [0.2, 0.25) is 4.47 Å². The van der Waals surface area contributed by atoms with Gasteiger partial charge in [-0.2, -0.15) is 0 Å². The Balaban J connectivity index is 1.88. The van der Waals surface area contributed by atoms with Crippen molar-refractivity contribution < 1.29 is 9.84 Å². The van der Waals surface area contributed by atoms with Crippen LogP contribution in [0.3, 0.4) is 0 Å². The largest absolute Gasteiger partial charge is 0.394 e. The van der Waals surface area contributed by atoms with E-state index in [0.29, 0.717) is 11.1 Å². The fraction of sp³-hybridized carbons (Fsp3) is 0.667. The van der Waals surface area contributed by atoms with Gasteiger partial charge in [-0.15, -0.1) is 11.3 Å². The highest BCUT2D eigenvalue weighted by molar-refractivity contribution is 7.15. The molecule has 0 aromatic carbocycles. The van der Waals surface area contributed by atoms with Gasteiger partial charge in [-0.25, -0.2) is 4.98 Å². The van der Waals surface area contributed by atoms with E-state index in [2.05, 4.69) is 9.88 Å². The van der Waals surface area contributed by atoms with Crippen molar-refractivity contribution >= 4 is 22.9 Å². The molecule has 0 aliphatic carbocycles. The Labute approximate surface area is 97.4 Å². The third-order valence-electron chi connectivity index (χ3n) is 2.33. The van der Waals surface area contributed by atoms with Crippen molar-refractivity contribution in [3.63, 3.8) is 0 Å². The number of ether oxygens (including phenoxy) is 1. The molecule has 0 saturated carbocycles. The summed E-state index contributed by atoms with van der Waals surface area (Å²) in [5.41, 5.74) is 0. The first kappa shape index (κ1) is 11.3. The van der Waals surface area contributed by atoms with E-state index in [1.165, 1.54) is 11.3 Å². The second-order valence-corrected chi connectivity index (χ2v) is 5.19. The summed E-state index contributed by atoms with van der Waals surface area (Å²) in [5, 5.41) is 9.00. The Morgan fingerprint density at radius 2 is 2.60 bits per heavy atom. The van der Waals surface area contributed by atoms with E-state index in [-0.39, 0.29) is 12.7 Å². The SMILES string of the molecule is OCC1CN(Cc2cnc(Cl)s2)CCO1. The Kier molecular flexibility index (Phi) is 3.93. The summed E-state index contributed by atoms with van der Waals surface area (Å²) in [7, 11) is 0. The quantitative estimate of drug-likeness (QED) is 0.867. The lowest BCUT2D eigenvalue weighted by Gasteiger charge is -2.31. The number of thiazole rings is 1. The number of rotatable bonds is 3. The average Bonchev–Trinajstić information content (AvgIpc) is 2.64. The lowest BCUT2D eigenvalue weighted by molar-refractivity contribution is -0.0548. The van der Waals surface area contributed by atoms with E-state index >= 15 is 0 Å². The molecule has 2 rings (SSSR count). The van der Waals surface area contributed by atoms with Crippen LogP contribution in [0.15, 0.2) is 6.20 Å². The van der Waals surface area contributed by atoms with Gasteiger partial charge in [0.25, 0.3) is 0 Å². The molecule has 6 heteroatoms. The topological polar surface area (TPSA) is 45.6 Å². The van der Waals surface area contributed by atoms with Gasteiger partial charge in [0.1, 0.15) is 0 Å². The molecule has 15 heavy (non-hydrogen) atoms.